The standard InChI is InChI=1S/C5H7NO2.C4H4O4/c1-3-7-5-8-4-2-6-1;5-3(6)1-2-4(7)8/h1-3H,4-5H2;1-2H,(H,5,6)(H,7,8)/b;2-1-. The molecule has 2 N–H and O–H groups in total. The van der Waals surface area contributed by atoms with Gasteiger partial charge in [-0.2, -0.15) is 0 Å². The number of hydrogen-bond donors (Lipinski definition) is 2. The van der Waals surface area contributed by atoms with Crippen LogP contribution in [0.1, 0.15) is 0 Å². The van der Waals surface area contributed by atoms with Crippen LogP contribution in [-0.4, -0.2) is 41.8 Å². The second-order valence-electron chi connectivity index (χ2n) is 2.28. The molecule has 0 aliphatic carbocycles. The molecule has 16 heavy (non-hydrogen) atoms. The molecular formula is C9H11NO6. The minimum Gasteiger partial charge on any atom is -0.478 e. The van der Waals surface area contributed by atoms with Gasteiger partial charge in [-0.3, -0.25) is 4.99 Å². The monoisotopic (exact) mass is 229 g/mol. The van der Waals surface area contributed by atoms with Crippen molar-refractivity contribution in [1.82, 2.24) is 0 Å². The molecule has 0 unspecified atom stereocenters. The number of nitrogens with zero attached hydrogens (tertiary/aromatic N) is 1. The second kappa shape index (κ2) is 9.41. The summed E-state index contributed by atoms with van der Waals surface area (Å²) in [7, 11) is 0. The summed E-state index contributed by atoms with van der Waals surface area (Å²) >= 11 is 0. The third kappa shape index (κ3) is 11.8. The van der Waals surface area contributed by atoms with Crippen molar-refractivity contribution in [2.45, 2.75) is 0 Å². The summed E-state index contributed by atoms with van der Waals surface area (Å²) in [4.78, 5) is 22.9. The largest absolute Gasteiger partial charge is 0.478 e. The predicted molar refractivity (Wildman–Crippen MR) is 53.9 cm³/mol. The molecule has 0 saturated heterocycles. The normalized spacial score (nSPS) is 14.2. The second-order valence-corrected chi connectivity index (χ2v) is 2.28. The van der Waals surface area contributed by atoms with E-state index < -0.39 is 11.9 Å². The Morgan fingerprint density at radius 2 is 1.88 bits per heavy atom. The third-order valence-electron chi connectivity index (χ3n) is 1.06. The first kappa shape index (κ1) is 13.8. The van der Waals surface area contributed by atoms with E-state index >= 15 is 0 Å². The molecule has 7 heteroatoms. The first-order valence-electron chi connectivity index (χ1n) is 4.13. The molecule has 1 aliphatic heterocycles. The summed E-state index contributed by atoms with van der Waals surface area (Å²) in [5.74, 6) is -2.51. The summed E-state index contributed by atoms with van der Waals surface area (Å²) < 4.78 is 9.61. The molecule has 88 valence electrons. The Morgan fingerprint density at radius 1 is 1.25 bits per heavy atom. The molecule has 0 radical (unpaired) electrons. The molecule has 1 aliphatic rings. The molecule has 7 nitrogen and oxygen atoms in total. The van der Waals surface area contributed by atoms with Gasteiger partial charge in [0.05, 0.1) is 12.8 Å². The van der Waals surface area contributed by atoms with Crippen molar-refractivity contribution >= 4 is 18.2 Å². The van der Waals surface area contributed by atoms with Crippen molar-refractivity contribution in [2.24, 2.45) is 4.99 Å². The summed E-state index contributed by atoms with van der Waals surface area (Å²) in [6.45, 7) is 0.854. The van der Waals surface area contributed by atoms with E-state index in [0.717, 1.165) is 0 Å². The van der Waals surface area contributed by atoms with E-state index in [0.29, 0.717) is 25.6 Å². The highest BCUT2D eigenvalue weighted by atomic mass is 16.7. The Balaban J connectivity index is 0.000000281. The van der Waals surface area contributed by atoms with Gasteiger partial charge in [0.15, 0.2) is 6.79 Å². The van der Waals surface area contributed by atoms with Crippen LogP contribution in [0.4, 0.5) is 0 Å². The molecule has 0 bridgehead atoms. The molecule has 1 rings (SSSR count). The van der Waals surface area contributed by atoms with Crippen molar-refractivity contribution in [1.29, 1.82) is 0 Å². The molecule has 0 aromatic rings. The summed E-state index contributed by atoms with van der Waals surface area (Å²) in [5.41, 5.74) is 0. The van der Waals surface area contributed by atoms with Gasteiger partial charge in [-0.25, -0.2) is 9.59 Å². The maximum absolute atomic E-state index is 9.55. The first-order valence-corrected chi connectivity index (χ1v) is 4.13. The predicted octanol–water partition coefficient (Wildman–Crippen LogP) is 0.244. The van der Waals surface area contributed by atoms with E-state index in [1.54, 1.807) is 12.4 Å². The van der Waals surface area contributed by atoms with Crippen LogP contribution in [0.2, 0.25) is 0 Å². The van der Waals surface area contributed by atoms with Crippen LogP contribution in [0.15, 0.2) is 29.6 Å². The van der Waals surface area contributed by atoms with Crippen LogP contribution in [0, 0.1) is 0 Å². The minimum atomic E-state index is -1.26. The molecular weight excluding hydrogens is 218 g/mol. The number of aliphatic carboxylic acids is 2. The van der Waals surface area contributed by atoms with Crippen molar-refractivity contribution in [3.63, 3.8) is 0 Å². The Labute approximate surface area is 91.3 Å². The lowest BCUT2D eigenvalue weighted by molar-refractivity contribution is -0.134. The van der Waals surface area contributed by atoms with Gasteiger partial charge < -0.3 is 19.7 Å². The zero-order valence-corrected chi connectivity index (χ0v) is 8.28. The van der Waals surface area contributed by atoms with Gasteiger partial charge in [0.25, 0.3) is 0 Å². The Bertz CT molecular complexity index is 277. The molecule has 0 fully saturated rings. The number of hydrogen-bond acceptors (Lipinski definition) is 5. The fourth-order valence-electron chi connectivity index (χ4n) is 0.513. The highest BCUT2D eigenvalue weighted by Crippen LogP contribution is 1.83. The average Bonchev–Trinajstić information content (AvgIpc) is 2.14. The fraction of sp³-hybridized carbons (Fsp3) is 0.222. The first-order chi connectivity index (χ1) is 7.63. The van der Waals surface area contributed by atoms with E-state index in [4.69, 9.17) is 19.7 Å². The molecule has 0 amide bonds. The number of aliphatic imine (C=N–C) groups is 1. The quantitative estimate of drug-likeness (QED) is 0.657. The number of carboxylic acids is 2. The van der Waals surface area contributed by atoms with E-state index in [1.807, 2.05) is 0 Å². The van der Waals surface area contributed by atoms with Crippen LogP contribution in [-0.2, 0) is 19.1 Å². The van der Waals surface area contributed by atoms with E-state index in [-0.39, 0.29) is 0 Å². The fourth-order valence-corrected chi connectivity index (χ4v) is 0.513. The zero-order chi connectivity index (χ0) is 12.2. The van der Waals surface area contributed by atoms with Crippen molar-refractivity contribution in [2.75, 3.05) is 13.4 Å². The highest BCUT2D eigenvalue weighted by molar-refractivity contribution is 5.89. The number of carbonyl (C=O) groups is 2. The SMILES string of the molecule is C1=COCOCC=N1.O=C(O)/C=C\C(=O)O. The zero-order valence-electron chi connectivity index (χ0n) is 8.28. The Hall–Kier alpha value is -2.15. The lowest BCUT2D eigenvalue weighted by Gasteiger charge is -2.00. The lowest BCUT2D eigenvalue weighted by Crippen LogP contribution is -1.99. The number of rotatable bonds is 2. The van der Waals surface area contributed by atoms with Gasteiger partial charge in [0.1, 0.15) is 6.26 Å². The van der Waals surface area contributed by atoms with Gasteiger partial charge in [-0.05, 0) is 0 Å². The summed E-state index contributed by atoms with van der Waals surface area (Å²) in [6, 6.07) is 0. The molecule has 1 heterocycles. The van der Waals surface area contributed by atoms with Crippen LogP contribution < -0.4 is 0 Å². The van der Waals surface area contributed by atoms with Crippen LogP contribution in [0.3, 0.4) is 0 Å². The van der Waals surface area contributed by atoms with E-state index in [9.17, 15) is 9.59 Å². The summed E-state index contributed by atoms with van der Waals surface area (Å²) in [5, 5.41) is 15.6. The summed E-state index contributed by atoms with van der Waals surface area (Å²) in [6.07, 6.45) is 5.88. The van der Waals surface area contributed by atoms with Gasteiger partial charge in [-0.15, -0.1) is 0 Å². The number of carboxylic acid groups (broad SMARTS) is 2. The number of ether oxygens (including phenoxy) is 2. The van der Waals surface area contributed by atoms with Crippen LogP contribution in [0.25, 0.3) is 0 Å². The average molecular weight is 229 g/mol. The van der Waals surface area contributed by atoms with Gasteiger partial charge in [0, 0.05) is 18.4 Å². The molecule has 0 saturated carbocycles. The van der Waals surface area contributed by atoms with Crippen molar-refractivity contribution < 1.29 is 29.3 Å². The maximum atomic E-state index is 9.55. The lowest BCUT2D eigenvalue weighted by atomic mass is 10.5. The molecule has 0 spiro atoms. The van der Waals surface area contributed by atoms with Crippen molar-refractivity contribution in [3.05, 3.63) is 24.6 Å². The maximum Gasteiger partial charge on any atom is 0.328 e. The minimum absolute atomic E-state index is 0.322. The van der Waals surface area contributed by atoms with Gasteiger partial charge >= 0.3 is 11.9 Å². The third-order valence-corrected chi connectivity index (χ3v) is 1.06. The van der Waals surface area contributed by atoms with Gasteiger partial charge in [-0.1, -0.05) is 0 Å². The molecule has 0 aromatic carbocycles. The Morgan fingerprint density at radius 3 is 2.44 bits per heavy atom. The highest BCUT2D eigenvalue weighted by Gasteiger charge is 1.88. The topological polar surface area (TPSA) is 105 Å². The van der Waals surface area contributed by atoms with E-state index in [2.05, 4.69) is 4.99 Å². The Kier molecular flexibility index (Phi) is 8.14. The molecule has 0 atom stereocenters. The van der Waals surface area contributed by atoms with Crippen LogP contribution >= 0.6 is 0 Å². The smallest absolute Gasteiger partial charge is 0.328 e. The molecule has 0 aromatic heterocycles. The van der Waals surface area contributed by atoms with Crippen molar-refractivity contribution in [3.8, 4) is 0 Å². The van der Waals surface area contributed by atoms with Crippen LogP contribution in [0.5, 0.6) is 0 Å². The van der Waals surface area contributed by atoms with Gasteiger partial charge in [0.2, 0.25) is 0 Å². The van der Waals surface area contributed by atoms with E-state index in [1.165, 1.54) is 6.26 Å².